The lowest BCUT2D eigenvalue weighted by molar-refractivity contribution is 0.0762. The number of amides is 1. The van der Waals surface area contributed by atoms with Crippen LogP contribution in [0.1, 0.15) is 42.7 Å². The van der Waals surface area contributed by atoms with Crippen LogP contribution in [-0.2, 0) is 6.42 Å². The van der Waals surface area contributed by atoms with Crippen molar-refractivity contribution in [2.24, 2.45) is 5.92 Å². The highest BCUT2D eigenvalue weighted by molar-refractivity contribution is 6.29. The van der Waals surface area contributed by atoms with E-state index in [0.717, 1.165) is 25.0 Å². The zero-order valence-corrected chi connectivity index (χ0v) is 12.7. The molecule has 4 nitrogen and oxygen atoms in total. The highest BCUT2D eigenvalue weighted by Gasteiger charge is 2.29. The van der Waals surface area contributed by atoms with E-state index in [1.807, 2.05) is 6.07 Å². The number of likely N-dealkylation sites (tertiary alicyclic amines) is 1. The van der Waals surface area contributed by atoms with Crippen LogP contribution in [0.15, 0.2) is 12.1 Å². The first-order valence-corrected chi connectivity index (χ1v) is 7.53. The largest absolute Gasteiger partial charge is 0.393 e. The molecule has 1 amide bonds. The fourth-order valence-electron chi connectivity index (χ4n) is 2.61. The molecular weight excluding hydrogens is 276 g/mol. The van der Waals surface area contributed by atoms with Crippen LogP contribution in [0, 0.1) is 5.92 Å². The van der Waals surface area contributed by atoms with Crippen molar-refractivity contribution in [1.82, 2.24) is 9.88 Å². The molecule has 0 spiro atoms. The third-order valence-electron chi connectivity index (χ3n) is 3.79. The summed E-state index contributed by atoms with van der Waals surface area (Å²) in [4.78, 5) is 18.5. The predicted octanol–water partition coefficient (Wildman–Crippen LogP) is 2.53. The molecule has 1 aliphatic rings. The Morgan fingerprint density at radius 3 is 2.95 bits per heavy atom. The van der Waals surface area contributed by atoms with Crippen molar-refractivity contribution < 1.29 is 9.90 Å². The molecule has 1 N–H and O–H groups in total. The number of aliphatic hydroxyl groups is 1. The maximum atomic E-state index is 12.5. The molecule has 20 heavy (non-hydrogen) atoms. The molecule has 110 valence electrons. The van der Waals surface area contributed by atoms with Gasteiger partial charge in [0.05, 0.1) is 6.10 Å². The van der Waals surface area contributed by atoms with Crippen LogP contribution in [0.2, 0.25) is 5.15 Å². The van der Waals surface area contributed by atoms with Gasteiger partial charge in [-0.2, -0.15) is 0 Å². The van der Waals surface area contributed by atoms with Crippen LogP contribution < -0.4 is 0 Å². The van der Waals surface area contributed by atoms with Gasteiger partial charge in [0.25, 0.3) is 5.91 Å². The SMILES string of the molecule is CCCc1cc(C(=O)N2CCC(C(C)O)C2)cc(Cl)n1. The summed E-state index contributed by atoms with van der Waals surface area (Å²) in [5, 5.41) is 9.98. The van der Waals surface area contributed by atoms with Gasteiger partial charge >= 0.3 is 0 Å². The number of pyridine rings is 1. The van der Waals surface area contributed by atoms with Crippen LogP contribution >= 0.6 is 11.6 Å². The molecule has 2 atom stereocenters. The molecule has 2 heterocycles. The second-order valence-electron chi connectivity index (χ2n) is 5.46. The lowest BCUT2D eigenvalue weighted by atomic mass is 10.0. The summed E-state index contributed by atoms with van der Waals surface area (Å²) < 4.78 is 0. The van der Waals surface area contributed by atoms with E-state index in [-0.39, 0.29) is 17.9 Å². The molecule has 0 aromatic carbocycles. The summed E-state index contributed by atoms with van der Waals surface area (Å²) in [6.45, 7) is 5.15. The van der Waals surface area contributed by atoms with E-state index in [4.69, 9.17) is 11.6 Å². The van der Waals surface area contributed by atoms with Crippen molar-refractivity contribution in [2.75, 3.05) is 13.1 Å². The van der Waals surface area contributed by atoms with Crippen molar-refractivity contribution in [3.05, 3.63) is 28.5 Å². The van der Waals surface area contributed by atoms with Crippen molar-refractivity contribution in [3.8, 4) is 0 Å². The Morgan fingerprint density at radius 1 is 1.60 bits per heavy atom. The first-order chi connectivity index (χ1) is 9.51. The highest BCUT2D eigenvalue weighted by atomic mass is 35.5. The molecule has 2 rings (SSSR count). The molecule has 1 aromatic heterocycles. The number of aryl methyl sites for hydroxylation is 1. The Morgan fingerprint density at radius 2 is 2.35 bits per heavy atom. The molecule has 0 aliphatic carbocycles. The maximum absolute atomic E-state index is 12.5. The second kappa shape index (κ2) is 6.55. The Balaban J connectivity index is 2.13. The lowest BCUT2D eigenvalue weighted by Gasteiger charge is -2.18. The van der Waals surface area contributed by atoms with Gasteiger partial charge in [0.15, 0.2) is 0 Å². The van der Waals surface area contributed by atoms with Crippen molar-refractivity contribution in [3.63, 3.8) is 0 Å². The van der Waals surface area contributed by atoms with Crippen LogP contribution in [0.4, 0.5) is 0 Å². The molecule has 0 saturated carbocycles. The smallest absolute Gasteiger partial charge is 0.254 e. The Labute approximate surface area is 124 Å². The van der Waals surface area contributed by atoms with E-state index in [2.05, 4.69) is 11.9 Å². The van der Waals surface area contributed by atoms with Gasteiger partial charge in [0.2, 0.25) is 0 Å². The minimum atomic E-state index is -0.371. The third kappa shape index (κ3) is 3.49. The molecule has 2 unspecified atom stereocenters. The number of carbonyl (C=O) groups is 1. The van der Waals surface area contributed by atoms with Gasteiger partial charge in [-0.25, -0.2) is 4.98 Å². The van der Waals surface area contributed by atoms with E-state index < -0.39 is 0 Å². The minimum Gasteiger partial charge on any atom is -0.393 e. The number of aliphatic hydroxyl groups excluding tert-OH is 1. The molecule has 1 saturated heterocycles. The second-order valence-corrected chi connectivity index (χ2v) is 5.85. The van der Waals surface area contributed by atoms with Crippen LogP contribution in [-0.4, -0.2) is 40.1 Å². The van der Waals surface area contributed by atoms with E-state index in [1.165, 1.54) is 0 Å². The first-order valence-electron chi connectivity index (χ1n) is 7.15. The number of hydrogen-bond acceptors (Lipinski definition) is 3. The topological polar surface area (TPSA) is 53.4 Å². The average molecular weight is 297 g/mol. The number of nitrogens with zero attached hydrogens (tertiary/aromatic N) is 2. The molecule has 0 bridgehead atoms. The molecule has 1 fully saturated rings. The van der Waals surface area contributed by atoms with Crippen molar-refractivity contribution >= 4 is 17.5 Å². The van der Waals surface area contributed by atoms with Crippen molar-refractivity contribution in [2.45, 2.75) is 39.2 Å². The number of hydrogen-bond donors (Lipinski definition) is 1. The normalized spacial score (nSPS) is 20.2. The Hall–Kier alpha value is -1.13. The first kappa shape index (κ1) is 15.3. The number of halogens is 1. The lowest BCUT2D eigenvalue weighted by Crippen LogP contribution is -2.30. The van der Waals surface area contributed by atoms with Gasteiger partial charge in [-0.05, 0) is 31.9 Å². The molecule has 1 aliphatic heterocycles. The van der Waals surface area contributed by atoms with E-state index >= 15 is 0 Å². The van der Waals surface area contributed by atoms with E-state index in [0.29, 0.717) is 23.8 Å². The summed E-state index contributed by atoms with van der Waals surface area (Å²) in [6.07, 6.45) is 2.26. The van der Waals surface area contributed by atoms with Gasteiger partial charge in [0.1, 0.15) is 5.15 Å². The summed E-state index contributed by atoms with van der Waals surface area (Å²) in [5.41, 5.74) is 1.45. The quantitative estimate of drug-likeness (QED) is 0.869. The zero-order valence-electron chi connectivity index (χ0n) is 12.0. The van der Waals surface area contributed by atoms with Gasteiger partial charge in [0, 0.05) is 30.3 Å². The highest BCUT2D eigenvalue weighted by Crippen LogP contribution is 2.22. The van der Waals surface area contributed by atoms with Gasteiger partial charge in [-0.15, -0.1) is 0 Å². The van der Waals surface area contributed by atoms with Gasteiger partial charge < -0.3 is 10.0 Å². The monoisotopic (exact) mass is 296 g/mol. The summed E-state index contributed by atoms with van der Waals surface area (Å²) in [6, 6.07) is 3.45. The fraction of sp³-hybridized carbons (Fsp3) is 0.600. The summed E-state index contributed by atoms with van der Waals surface area (Å²) in [5.74, 6) is 0.154. The standard InChI is InChI=1S/C15H21ClN2O2/c1-3-4-13-7-12(8-14(16)17-13)15(20)18-6-5-11(9-18)10(2)19/h7-8,10-11,19H,3-6,9H2,1-2H3. The minimum absolute atomic E-state index is 0.0187. The van der Waals surface area contributed by atoms with Crippen molar-refractivity contribution in [1.29, 1.82) is 0 Å². The molecular formula is C15H21ClN2O2. The van der Waals surface area contributed by atoms with Crippen LogP contribution in [0.3, 0.4) is 0 Å². The maximum Gasteiger partial charge on any atom is 0.254 e. The number of aromatic nitrogens is 1. The fourth-order valence-corrected chi connectivity index (χ4v) is 2.83. The third-order valence-corrected chi connectivity index (χ3v) is 3.99. The summed E-state index contributed by atoms with van der Waals surface area (Å²) >= 11 is 5.99. The number of carbonyl (C=O) groups excluding carboxylic acids is 1. The zero-order chi connectivity index (χ0) is 14.7. The predicted molar refractivity (Wildman–Crippen MR) is 78.9 cm³/mol. The van der Waals surface area contributed by atoms with Gasteiger partial charge in [-0.1, -0.05) is 24.9 Å². The van der Waals surface area contributed by atoms with Crippen LogP contribution in [0.25, 0.3) is 0 Å². The van der Waals surface area contributed by atoms with E-state index in [1.54, 1.807) is 17.9 Å². The molecule has 0 radical (unpaired) electrons. The van der Waals surface area contributed by atoms with E-state index in [9.17, 15) is 9.90 Å². The average Bonchev–Trinajstić information content (AvgIpc) is 2.87. The Bertz CT molecular complexity index is 491. The number of rotatable bonds is 4. The Kier molecular flexibility index (Phi) is 5.00. The van der Waals surface area contributed by atoms with Crippen LogP contribution in [0.5, 0.6) is 0 Å². The molecule has 5 heteroatoms. The van der Waals surface area contributed by atoms with Gasteiger partial charge in [-0.3, -0.25) is 4.79 Å². The molecule has 1 aromatic rings. The summed E-state index contributed by atoms with van der Waals surface area (Å²) in [7, 11) is 0.